The molecule has 2 amide bonds. The van der Waals surface area contributed by atoms with Crippen LogP contribution in [0, 0.1) is 15.5 Å². The van der Waals surface area contributed by atoms with E-state index in [1.165, 1.54) is 44.9 Å². The summed E-state index contributed by atoms with van der Waals surface area (Å²) in [6.45, 7) is 8.39. The number of alkyl carbamates (subject to hydrolysis) is 1. The van der Waals surface area contributed by atoms with Crippen molar-refractivity contribution in [2.24, 2.45) is 0 Å². The van der Waals surface area contributed by atoms with Gasteiger partial charge in [-0.1, -0.05) is 70.1 Å². The van der Waals surface area contributed by atoms with Crippen LogP contribution >= 0.6 is 0 Å². The molecule has 0 heterocycles. The minimum Gasteiger partial charge on any atom is -0.444 e. The van der Waals surface area contributed by atoms with Crippen LogP contribution in [0.2, 0.25) is 0 Å². The number of guanidine groups is 1. The van der Waals surface area contributed by atoms with Gasteiger partial charge in [-0.3, -0.25) is 10.2 Å². The molecule has 0 aromatic heterocycles. The van der Waals surface area contributed by atoms with Crippen LogP contribution in [0.5, 0.6) is 0 Å². The Hall–Kier alpha value is -2.59. The largest absolute Gasteiger partial charge is 0.444 e. The van der Waals surface area contributed by atoms with Crippen molar-refractivity contribution in [3.05, 3.63) is 10.1 Å². The maximum Gasteiger partial charge on any atom is 0.408 e. The molecule has 0 bridgehead atoms. The highest BCUT2D eigenvalue weighted by atomic mass is 16.7. The molecule has 0 radical (unpaired) electrons. The molecule has 11 nitrogen and oxygen atoms in total. The molecule has 0 rings (SSSR count). The van der Waals surface area contributed by atoms with Crippen molar-refractivity contribution in [1.82, 2.24) is 21.4 Å². The topological polar surface area (TPSA) is 158 Å². The van der Waals surface area contributed by atoms with E-state index in [9.17, 15) is 19.7 Å². The minimum absolute atomic E-state index is 0.248. The Kier molecular flexibility index (Phi) is 18.2. The van der Waals surface area contributed by atoms with Crippen LogP contribution in [0.1, 0.15) is 111 Å². The van der Waals surface area contributed by atoms with Crippen molar-refractivity contribution in [2.75, 3.05) is 13.1 Å². The highest BCUT2D eigenvalue weighted by molar-refractivity contribution is 5.85. The second-order valence-corrected chi connectivity index (χ2v) is 9.84. The third-order valence-corrected chi connectivity index (χ3v) is 5.26. The second kappa shape index (κ2) is 19.7. The number of nitrogens with one attached hydrogen (secondary N) is 5. The Labute approximate surface area is 210 Å². The van der Waals surface area contributed by atoms with Gasteiger partial charge in [0.05, 0.1) is 0 Å². The first-order valence-corrected chi connectivity index (χ1v) is 13.1. The first-order valence-electron chi connectivity index (χ1n) is 13.1. The van der Waals surface area contributed by atoms with Crippen LogP contribution in [-0.2, 0) is 9.53 Å². The van der Waals surface area contributed by atoms with Gasteiger partial charge in [0.1, 0.15) is 11.6 Å². The molecule has 35 heavy (non-hydrogen) atoms. The second-order valence-electron chi connectivity index (χ2n) is 9.84. The molecule has 0 saturated carbocycles. The molecule has 0 aliphatic rings. The zero-order chi connectivity index (χ0) is 26.5. The molecular formula is C24H48N6O5. The minimum atomic E-state index is -0.810. The summed E-state index contributed by atoms with van der Waals surface area (Å²) in [7, 11) is 0. The smallest absolute Gasteiger partial charge is 0.408 e. The maximum atomic E-state index is 12.7. The zero-order valence-electron chi connectivity index (χ0n) is 22.2. The summed E-state index contributed by atoms with van der Waals surface area (Å²) in [6.07, 6.45) is 13.1. The molecule has 0 aliphatic carbocycles. The maximum absolute atomic E-state index is 12.7. The first-order chi connectivity index (χ1) is 16.5. The molecule has 0 unspecified atom stereocenters. The summed E-state index contributed by atoms with van der Waals surface area (Å²) in [6, 6.07) is -0.732. The first kappa shape index (κ1) is 32.4. The molecule has 204 valence electrons. The van der Waals surface area contributed by atoms with E-state index in [1.54, 1.807) is 26.2 Å². The van der Waals surface area contributed by atoms with Crippen molar-refractivity contribution in [3.63, 3.8) is 0 Å². The predicted molar refractivity (Wildman–Crippen MR) is 138 cm³/mol. The van der Waals surface area contributed by atoms with Gasteiger partial charge in [0, 0.05) is 13.1 Å². The standard InChI is InChI=1S/C24H48N6O5/c1-5-6-7-8-9-10-11-12-13-15-18-26-21(31)20(28-23(32)35-24(2,3)4)17-14-16-19-27-22(25)29-30(33)34/h20H,5-19H2,1-4H3,(H,26,31)(H,28,32)(H3,25,27,29)/t20-/m0/s1. The van der Waals surface area contributed by atoms with Gasteiger partial charge in [-0.2, -0.15) is 0 Å². The summed E-state index contributed by atoms with van der Waals surface area (Å²) in [5.74, 6) is -0.643. The molecule has 5 N–H and O–H groups in total. The van der Waals surface area contributed by atoms with Crippen LogP contribution in [-0.4, -0.2) is 47.7 Å². The molecule has 0 aliphatic heterocycles. The number of hydrogen-bond donors (Lipinski definition) is 5. The Balaban J connectivity index is 4.29. The van der Waals surface area contributed by atoms with Gasteiger partial charge in [-0.15, -0.1) is 0 Å². The van der Waals surface area contributed by atoms with Crippen LogP contribution in [0.4, 0.5) is 4.79 Å². The van der Waals surface area contributed by atoms with E-state index in [2.05, 4.69) is 22.9 Å². The van der Waals surface area contributed by atoms with Crippen molar-refractivity contribution >= 4 is 18.0 Å². The van der Waals surface area contributed by atoms with E-state index in [-0.39, 0.29) is 5.91 Å². The van der Waals surface area contributed by atoms with Crippen molar-refractivity contribution < 1.29 is 19.4 Å². The number of hydrogen-bond acceptors (Lipinski definition) is 6. The summed E-state index contributed by atoms with van der Waals surface area (Å²) in [4.78, 5) is 35.2. The normalized spacial score (nSPS) is 11.9. The van der Waals surface area contributed by atoms with Crippen LogP contribution in [0.3, 0.4) is 0 Å². The third kappa shape index (κ3) is 21.7. The van der Waals surface area contributed by atoms with Crippen molar-refractivity contribution in [3.8, 4) is 0 Å². The van der Waals surface area contributed by atoms with E-state index in [0.717, 1.165) is 19.3 Å². The number of nitro groups is 1. The summed E-state index contributed by atoms with van der Waals surface area (Å²) in [5.41, 5.74) is 1.05. The molecule has 11 heteroatoms. The van der Waals surface area contributed by atoms with Gasteiger partial charge in [0.2, 0.25) is 5.91 Å². The van der Waals surface area contributed by atoms with E-state index in [0.29, 0.717) is 32.4 Å². The van der Waals surface area contributed by atoms with Gasteiger partial charge in [-0.25, -0.2) is 14.9 Å². The number of ether oxygens (including phenoxy) is 1. The lowest BCUT2D eigenvalue weighted by atomic mass is 10.1. The van der Waals surface area contributed by atoms with E-state index in [1.807, 2.05) is 0 Å². The number of carbonyl (C=O) groups is 2. The summed E-state index contributed by atoms with van der Waals surface area (Å²) in [5, 5.41) is 25.0. The number of carbonyl (C=O) groups excluding carboxylic acids is 2. The van der Waals surface area contributed by atoms with Crippen LogP contribution < -0.4 is 21.4 Å². The summed E-state index contributed by atoms with van der Waals surface area (Å²) < 4.78 is 5.28. The van der Waals surface area contributed by atoms with Crippen molar-refractivity contribution in [2.45, 2.75) is 123 Å². The van der Waals surface area contributed by atoms with Gasteiger partial charge in [0.25, 0.3) is 5.96 Å². The quantitative estimate of drug-likeness (QED) is 0.0578. The van der Waals surface area contributed by atoms with E-state index < -0.39 is 28.7 Å². The number of rotatable bonds is 19. The highest BCUT2D eigenvalue weighted by Gasteiger charge is 2.23. The Morgan fingerprint density at radius 2 is 1.40 bits per heavy atom. The highest BCUT2D eigenvalue weighted by Crippen LogP contribution is 2.11. The number of amides is 2. The third-order valence-electron chi connectivity index (χ3n) is 5.26. The fraction of sp³-hybridized carbons (Fsp3) is 0.875. The fourth-order valence-electron chi connectivity index (χ4n) is 3.48. The fourth-order valence-corrected chi connectivity index (χ4v) is 3.48. The Morgan fingerprint density at radius 3 is 1.94 bits per heavy atom. The van der Waals surface area contributed by atoms with Gasteiger partial charge >= 0.3 is 6.09 Å². The van der Waals surface area contributed by atoms with E-state index >= 15 is 0 Å². The monoisotopic (exact) mass is 500 g/mol. The Bertz CT molecular complexity index is 624. The van der Waals surface area contributed by atoms with Crippen LogP contribution in [0.25, 0.3) is 0 Å². The SMILES string of the molecule is CCCCCCCCCCCCNC(=O)[C@H](CCCCNC(=N)N[N+](=O)[O-])NC(=O)OC(C)(C)C. The molecular weight excluding hydrogens is 452 g/mol. The predicted octanol–water partition coefficient (Wildman–Crippen LogP) is 4.39. The lowest BCUT2D eigenvalue weighted by Gasteiger charge is -2.23. The molecule has 0 fully saturated rings. The molecule has 1 atom stereocenters. The summed E-state index contributed by atoms with van der Waals surface area (Å²) >= 11 is 0. The van der Waals surface area contributed by atoms with E-state index in [4.69, 9.17) is 10.1 Å². The van der Waals surface area contributed by atoms with Crippen molar-refractivity contribution in [1.29, 1.82) is 5.41 Å². The van der Waals surface area contributed by atoms with Gasteiger partial charge in [-0.05, 0) is 46.5 Å². The number of nitrogens with zero attached hydrogens (tertiary/aromatic N) is 1. The average molecular weight is 501 g/mol. The molecule has 0 aromatic rings. The Morgan fingerprint density at radius 1 is 0.886 bits per heavy atom. The lowest BCUT2D eigenvalue weighted by molar-refractivity contribution is -0.525. The number of hydrazine groups is 1. The number of unbranched alkanes of at least 4 members (excludes halogenated alkanes) is 10. The lowest BCUT2D eigenvalue weighted by Crippen LogP contribution is -2.48. The molecule has 0 saturated heterocycles. The molecule has 0 spiro atoms. The molecule has 0 aromatic carbocycles. The van der Waals surface area contributed by atoms with Gasteiger partial charge in [0.15, 0.2) is 5.03 Å². The van der Waals surface area contributed by atoms with Crippen LogP contribution in [0.15, 0.2) is 0 Å². The van der Waals surface area contributed by atoms with Gasteiger partial charge < -0.3 is 20.7 Å². The average Bonchev–Trinajstić information content (AvgIpc) is 2.74. The zero-order valence-corrected chi connectivity index (χ0v) is 22.2.